The van der Waals surface area contributed by atoms with Gasteiger partial charge in [0.25, 0.3) is 0 Å². The van der Waals surface area contributed by atoms with E-state index in [1.165, 1.54) is 13.2 Å². The molecule has 0 unspecified atom stereocenters. The molecular weight excluding hydrogens is 456 g/mol. The van der Waals surface area contributed by atoms with Crippen LogP contribution in [0.25, 0.3) is 27.8 Å². The Balaban J connectivity index is 1.87. The smallest absolute Gasteiger partial charge is 0.341 e. The number of aromatic amines is 1. The number of carboxylic acid groups (broad SMARTS) is 1. The molecule has 0 radical (unpaired) electrons. The molecule has 1 saturated carbocycles. The largest absolute Gasteiger partial charge is 0.494 e. The van der Waals surface area contributed by atoms with Gasteiger partial charge in [0.15, 0.2) is 17.2 Å². The normalized spacial score (nSPS) is 20.1. The molecule has 3 aromatic heterocycles. The molecule has 0 amide bonds. The van der Waals surface area contributed by atoms with Crippen molar-refractivity contribution in [2.45, 2.75) is 50.1 Å². The van der Waals surface area contributed by atoms with Crippen LogP contribution < -0.4 is 4.74 Å². The van der Waals surface area contributed by atoms with Crippen LogP contribution in [-0.4, -0.2) is 43.6 Å². The van der Waals surface area contributed by atoms with Crippen LogP contribution in [0.2, 0.25) is 0 Å². The lowest BCUT2D eigenvalue weighted by molar-refractivity contribution is -0.158. The highest BCUT2D eigenvalue weighted by Gasteiger charge is 2.54. The third-order valence-corrected chi connectivity index (χ3v) is 6.87. The molecule has 0 atom stereocenters. The van der Waals surface area contributed by atoms with Crippen molar-refractivity contribution in [3.8, 4) is 17.5 Å². The summed E-state index contributed by atoms with van der Waals surface area (Å²) in [5.74, 6) is -2.39. The van der Waals surface area contributed by atoms with Crippen LogP contribution in [-0.2, 0) is 10.2 Å². The summed E-state index contributed by atoms with van der Waals surface area (Å²) < 4.78 is 36.2. The fourth-order valence-electron chi connectivity index (χ4n) is 5.08. The zero-order valence-corrected chi connectivity index (χ0v) is 19.4. The lowest BCUT2D eigenvalue weighted by atomic mass is 9.67. The van der Waals surface area contributed by atoms with Crippen molar-refractivity contribution in [2.75, 3.05) is 7.11 Å². The average molecular weight is 479 g/mol. The van der Waals surface area contributed by atoms with E-state index in [1.54, 1.807) is 18.3 Å². The van der Waals surface area contributed by atoms with Crippen molar-refractivity contribution in [2.24, 2.45) is 0 Å². The van der Waals surface area contributed by atoms with Crippen LogP contribution in [0.1, 0.15) is 50.3 Å². The van der Waals surface area contributed by atoms with Crippen LogP contribution in [0.15, 0.2) is 30.5 Å². The van der Waals surface area contributed by atoms with Crippen molar-refractivity contribution in [1.29, 1.82) is 5.26 Å². The first-order valence-electron chi connectivity index (χ1n) is 11.1. The van der Waals surface area contributed by atoms with Gasteiger partial charge < -0.3 is 14.4 Å². The number of rotatable bonds is 6. The minimum absolute atomic E-state index is 0.0459. The third kappa shape index (κ3) is 3.41. The Morgan fingerprint density at radius 2 is 2.14 bits per heavy atom. The number of benzene rings is 1. The fraction of sp³-hybridized carbons (Fsp3) is 0.360. The predicted octanol–water partition coefficient (Wildman–Crippen LogP) is 4.91. The van der Waals surface area contributed by atoms with Crippen molar-refractivity contribution in [3.05, 3.63) is 47.5 Å². The second-order valence-corrected chi connectivity index (χ2v) is 9.67. The zero-order chi connectivity index (χ0) is 25.1. The first-order valence-corrected chi connectivity index (χ1v) is 11.1. The van der Waals surface area contributed by atoms with Crippen LogP contribution in [0.3, 0.4) is 0 Å². The number of pyridine rings is 1. The van der Waals surface area contributed by atoms with Gasteiger partial charge in [-0.3, -0.25) is 5.10 Å². The molecule has 1 aromatic carbocycles. The lowest BCUT2D eigenvalue weighted by Gasteiger charge is -2.39. The summed E-state index contributed by atoms with van der Waals surface area (Å²) >= 11 is 0. The number of halogens is 2. The van der Waals surface area contributed by atoms with Crippen LogP contribution in [0.4, 0.5) is 8.78 Å². The Morgan fingerprint density at radius 3 is 2.80 bits per heavy atom. The number of nitrogens with zero attached hydrogens (tertiary/aromatic N) is 4. The molecule has 0 aliphatic heterocycles. The van der Waals surface area contributed by atoms with Crippen LogP contribution >= 0.6 is 0 Å². The Bertz CT molecular complexity index is 1530. The minimum Gasteiger partial charge on any atom is -0.494 e. The highest BCUT2D eigenvalue weighted by molar-refractivity contribution is 5.94. The molecule has 8 nitrogen and oxygen atoms in total. The highest BCUT2D eigenvalue weighted by Crippen LogP contribution is 2.53. The van der Waals surface area contributed by atoms with E-state index in [9.17, 15) is 23.9 Å². The number of carboxylic acids is 1. The standard InChI is InChI=1S/C25H23F2N5O3/c1-24(2,6-7-28)21-19(14-10-25(27,11-14)23(33)34)20-17(8-13-12-29-31-22(13)30-20)32(21)15-4-5-16(26)18(9-15)35-3/h4-5,8-9,12,14H,6,10-11H2,1-3H3,(H,33,34)(H,29,30,31)/t14-,25+. The molecule has 2 N–H and O–H groups in total. The number of nitriles is 1. The maximum Gasteiger partial charge on any atom is 0.341 e. The summed E-state index contributed by atoms with van der Waals surface area (Å²) in [7, 11) is 1.37. The van der Waals surface area contributed by atoms with E-state index in [0.29, 0.717) is 33.6 Å². The molecule has 3 heterocycles. The van der Waals surface area contributed by atoms with Gasteiger partial charge in [-0.1, -0.05) is 13.8 Å². The molecule has 35 heavy (non-hydrogen) atoms. The fourth-order valence-corrected chi connectivity index (χ4v) is 5.08. The Morgan fingerprint density at radius 1 is 1.40 bits per heavy atom. The van der Waals surface area contributed by atoms with E-state index in [4.69, 9.17) is 9.72 Å². The van der Waals surface area contributed by atoms with E-state index in [2.05, 4.69) is 16.3 Å². The first kappa shape index (κ1) is 22.8. The topological polar surface area (TPSA) is 117 Å². The lowest BCUT2D eigenvalue weighted by Crippen LogP contribution is -2.46. The number of alkyl halides is 1. The molecule has 5 rings (SSSR count). The average Bonchev–Trinajstić information content (AvgIpc) is 3.37. The number of aliphatic carboxylic acids is 1. The summed E-state index contributed by atoms with van der Waals surface area (Å²) in [6.45, 7) is 3.80. The first-order chi connectivity index (χ1) is 16.6. The van der Waals surface area contributed by atoms with E-state index in [1.807, 2.05) is 24.5 Å². The Labute approximate surface area is 199 Å². The molecule has 180 valence electrons. The van der Waals surface area contributed by atoms with E-state index < -0.39 is 28.8 Å². The molecule has 0 saturated heterocycles. The minimum atomic E-state index is -2.31. The Hall–Kier alpha value is -4.00. The van der Waals surface area contributed by atoms with Crippen molar-refractivity contribution in [1.82, 2.24) is 19.7 Å². The van der Waals surface area contributed by atoms with Crippen molar-refractivity contribution < 1.29 is 23.4 Å². The van der Waals surface area contributed by atoms with Gasteiger partial charge in [-0.15, -0.1) is 0 Å². The quantitative estimate of drug-likeness (QED) is 0.406. The zero-order valence-electron chi connectivity index (χ0n) is 19.4. The maximum absolute atomic E-state index is 14.9. The molecule has 0 bridgehead atoms. The number of nitrogens with one attached hydrogen (secondary N) is 1. The summed E-state index contributed by atoms with van der Waals surface area (Å²) in [5, 5.41) is 26.6. The molecule has 1 fully saturated rings. The Kier molecular flexibility index (Phi) is 5.05. The molecule has 10 heteroatoms. The number of fused-ring (bicyclic) bond motifs is 2. The number of ether oxygens (including phenoxy) is 1. The summed E-state index contributed by atoms with van der Waals surface area (Å²) in [6, 6.07) is 8.56. The summed E-state index contributed by atoms with van der Waals surface area (Å²) in [4.78, 5) is 16.3. The molecule has 1 aliphatic rings. The summed E-state index contributed by atoms with van der Waals surface area (Å²) in [6.07, 6.45) is 1.37. The van der Waals surface area contributed by atoms with Crippen LogP contribution in [0.5, 0.6) is 5.75 Å². The van der Waals surface area contributed by atoms with Crippen molar-refractivity contribution >= 4 is 28.0 Å². The van der Waals surface area contributed by atoms with Gasteiger partial charge >= 0.3 is 5.97 Å². The molecule has 0 spiro atoms. The molecule has 1 aliphatic carbocycles. The van der Waals surface area contributed by atoms with Gasteiger partial charge in [0.05, 0.1) is 30.4 Å². The van der Waals surface area contributed by atoms with E-state index >= 15 is 0 Å². The number of hydrogen-bond donors (Lipinski definition) is 2. The van der Waals surface area contributed by atoms with Gasteiger partial charge in [0, 0.05) is 40.2 Å². The molecule has 4 aromatic rings. The van der Waals surface area contributed by atoms with Gasteiger partial charge in [-0.2, -0.15) is 10.4 Å². The number of H-pyrrole nitrogens is 1. The third-order valence-electron chi connectivity index (χ3n) is 6.87. The SMILES string of the molecule is COc1cc(-n2c(C(C)(C)CC#N)c([C@H]3C[C@](F)(C(=O)O)C3)c3nc4[nH]ncc4cc32)ccc1F. The summed E-state index contributed by atoms with van der Waals surface area (Å²) in [5.41, 5.74) is 0.681. The maximum atomic E-state index is 14.9. The van der Waals surface area contributed by atoms with Gasteiger partial charge in [-0.25, -0.2) is 18.6 Å². The number of methoxy groups -OCH3 is 1. The van der Waals surface area contributed by atoms with Crippen LogP contribution in [0, 0.1) is 17.1 Å². The number of carbonyl (C=O) groups is 1. The van der Waals surface area contributed by atoms with Gasteiger partial charge in [0.1, 0.15) is 0 Å². The van der Waals surface area contributed by atoms with E-state index in [-0.39, 0.29) is 25.0 Å². The number of aromatic nitrogens is 4. The van der Waals surface area contributed by atoms with Crippen molar-refractivity contribution in [3.63, 3.8) is 0 Å². The highest BCUT2D eigenvalue weighted by atomic mass is 19.1. The van der Waals surface area contributed by atoms with Gasteiger partial charge in [-0.05, 0) is 37.0 Å². The monoisotopic (exact) mass is 479 g/mol. The molecular formula is C25H23F2N5O3. The van der Waals surface area contributed by atoms with E-state index in [0.717, 1.165) is 5.39 Å². The van der Waals surface area contributed by atoms with Gasteiger partial charge in [0.2, 0.25) is 5.67 Å². The second kappa shape index (κ2) is 7.77. The number of hydrogen-bond acceptors (Lipinski definition) is 5. The second-order valence-electron chi connectivity index (χ2n) is 9.67. The predicted molar refractivity (Wildman–Crippen MR) is 124 cm³/mol.